The maximum Gasteiger partial charge on any atom is 0.337 e. The Balaban J connectivity index is 2.26. The fourth-order valence-electron chi connectivity index (χ4n) is 1.53. The molecule has 0 bridgehead atoms. The Labute approximate surface area is 110 Å². The van der Waals surface area contributed by atoms with Gasteiger partial charge in [-0.3, -0.25) is 4.98 Å². The standard InChI is InChI=1S/C14H13NO4/c1-2-18-12-5-3-4-6-13(12)19-11-7-10(14(16)17)8-15-9-11/h3-9H,2H2,1H3,(H,16,17). The van der Waals surface area contributed by atoms with E-state index in [2.05, 4.69) is 4.98 Å². The van der Waals surface area contributed by atoms with Crippen molar-refractivity contribution >= 4 is 5.97 Å². The van der Waals surface area contributed by atoms with E-state index in [1.165, 1.54) is 18.5 Å². The molecule has 1 aromatic carbocycles. The second-order valence-electron chi connectivity index (χ2n) is 3.70. The van der Waals surface area contributed by atoms with Gasteiger partial charge >= 0.3 is 5.97 Å². The lowest BCUT2D eigenvalue weighted by molar-refractivity contribution is 0.0696. The lowest BCUT2D eigenvalue weighted by Gasteiger charge is -2.11. The highest BCUT2D eigenvalue weighted by Gasteiger charge is 2.08. The maximum atomic E-state index is 10.9. The summed E-state index contributed by atoms with van der Waals surface area (Å²) in [5.74, 6) is 0.433. The van der Waals surface area contributed by atoms with Crippen LogP contribution in [-0.2, 0) is 0 Å². The summed E-state index contributed by atoms with van der Waals surface area (Å²) in [5, 5.41) is 8.89. The van der Waals surface area contributed by atoms with Crippen LogP contribution in [-0.4, -0.2) is 22.7 Å². The number of rotatable bonds is 5. The second-order valence-corrected chi connectivity index (χ2v) is 3.70. The number of hydrogen-bond donors (Lipinski definition) is 1. The first kappa shape index (κ1) is 12.9. The van der Waals surface area contributed by atoms with Crippen LogP contribution < -0.4 is 9.47 Å². The number of carboxylic acid groups (broad SMARTS) is 1. The van der Waals surface area contributed by atoms with Crippen LogP contribution in [0.4, 0.5) is 0 Å². The van der Waals surface area contributed by atoms with Crippen LogP contribution in [0.15, 0.2) is 42.7 Å². The Morgan fingerprint density at radius 2 is 2.00 bits per heavy atom. The van der Waals surface area contributed by atoms with Gasteiger partial charge in [-0.2, -0.15) is 0 Å². The molecule has 1 N–H and O–H groups in total. The van der Waals surface area contributed by atoms with E-state index < -0.39 is 5.97 Å². The summed E-state index contributed by atoms with van der Waals surface area (Å²) < 4.78 is 11.0. The lowest BCUT2D eigenvalue weighted by atomic mass is 10.3. The van der Waals surface area contributed by atoms with Gasteiger partial charge in [0.2, 0.25) is 0 Å². The van der Waals surface area contributed by atoms with Gasteiger partial charge in [0.1, 0.15) is 5.75 Å². The summed E-state index contributed by atoms with van der Waals surface area (Å²) in [6, 6.07) is 8.60. The molecule has 0 aliphatic carbocycles. The molecule has 0 spiro atoms. The van der Waals surface area contributed by atoms with Crippen molar-refractivity contribution < 1.29 is 19.4 Å². The Bertz CT molecular complexity index is 583. The molecule has 98 valence electrons. The molecule has 19 heavy (non-hydrogen) atoms. The summed E-state index contributed by atoms with van der Waals surface area (Å²) >= 11 is 0. The van der Waals surface area contributed by atoms with Crippen molar-refractivity contribution in [3.63, 3.8) is 0 Å². The van der Waals surface area contributed by atoms with Crippen LogP contribution in [0.2, 0.25) is 0 Å². The molecule has 2 aromatic rings. The van der Waals surface area contributed by atoms with Crippen LogP contribution in [0, 0.1) is 0 Å². The van der Waals surface area contributed by atoms with Crippen molar-refractivity contribution in [3.05, 3.63) is 48.3 Å². The molecule has 5 heteroatoms. The highest BCUT2D eigenvalue weighted by Crippen LogP contribution is 2.31. The van der Waals surface area contributed by atoms with Crippen LogP contribution in [0.1, 0.15) is 17.3 Å². The van der Waals surface area contributed by atoms with Gasteiger partial charge in [0, 0.05) is 6.20 Å². The first-order chi connectivity index (χ1) is 9.20. The highest BCUT2D eigenvalue weighted by atomic mass is 16.5. The minimum absolute atomic E-state index is 0.0754. The minimum atomic E-state index is -1.05. The highest BCUT2D eigenvalue weighted by molar-refractivity contribution is 5.87. The van der Waals surface area contributed by atoms with Crippen LogP contribution >= 0.6 is 0 Å². The average molecular weight is 259 g/mol. The molecule has 0 saturated heterocycles. The molecule has 0 atom stereocenters. The van der Waals surface area contributed by atoms with Crippen LogP contribution in [0.3, 0.4) is 0 Å². The van der Waals surface area contributed by atoms with Crippen molar-refractivity contribution in [1.82, 2.24) is 4.98 Å². The van der Waals surface area contributed by atoms with E-state index in [1.54, 1.807) is 12.1 Å². The number of para-hydroxylation sites is 2. The third-order valence-electron chi connectivity index (χ3n) is 2.34. The first-order valence-electron chi connectivity index (χ1n) is 5.78. The van der Waals surface area contributed by atoms with Gasteiger partial charge in [-0.25, -0.2) is 4.79 Å². The zero-order chi connectivity index (χ0) is 13.7. The third-order valence-corrected chi connectivity index (χ3v) is 2.34. The van der Waals surface area contributed by atoms with Gasteiger partial charge in [0.05, 0.1) is 18.4 Å². The summed E-state index contributed by atoms with van der Waals surface area (Å²) in [7, 11) is 0. The number of hydrogen-bond acceptors (Lipinski definition) is 4. The molecule has 5 nitrogen and oxygen atoms in total. The average Bonchev–Trinajstić information content (AvgIpc) is 2.41. The van der Waals surface area contributed by atoms with Crippen molar-refractivity contribution in [2.45, 2.75) is 6.92 Å². The minimum Gasteiger partial charge on any atom is -0.490 e. The smallest absolute Gasteiger partial charge is 0.337 e. The van der Waals surface area contributed by atoms with Gasteiger partial charge in [-0.15, -0.1) is 0 Å². The van der Waals surface area contributed by atoms with E-state index in [4.69, 9.17) is 14.6 Å². The fourth-order valence-corrected chi connectivity index (χ4v) is 1.53. The number of ether oxygens (including phenoxy) is 2. The van der Waals surface area contributed by atoms with Crippen molar-refractivity contribution in [2.24, 2.45) is 0 Å². The number of carboxylic acids is 1. The number of nitrogens with zero attached hydrogens (tertiary/aromatic N) is 1. The van der Waals surface area contributed by atoms with Gasteiger partial charge in [-0.1, -0.05) is 12.1 Å². The zero-order valence-electron chi connectivity index (χ0n) is 10.4. The van der Waals surface area contributed by atoms with Crippen molar-refractivity contribution in [3.8, 4) is 17.2 Å². The number of aromatic carboxylic acids is 1. The molecule has 0 radical (unpaired) electrons. The van der Waals surface area contributed by atoms with Crippen molar-refractivity contribution in [2.75, 3.05) is 6.61 Å². The molecule has 0 fully saturated rings. The molecule has 0 unspecified atom stereocenters. The van der Waals surface area contributed by atoms with Crippen LogP contribution in [0.25, 0.3) is 0 Å². The Kier molecular flexibility index (Phi) is 3.97. The zero-order valence-corrected chi connectivity index (χ0v) is 10.4. The van der Waals surface area contributed by atoms with Crippen LogP contribution in [0.5, 0.6) is 17.2 Å². The molecule has 1 heterocycles. The number of benzene rings is 1. The summed E-state index contributed by atoms with van der Waals surface area (Å²) in [4.78, 5) is 14.7. The number of carbonyl (C=O) groups is 1. The fraction of sp³-hybridized carbons (Fsp3) is 0.143. The number of aromatic nitrogens is 1. The quantitative estimate of drug-likeness (QED) is 0.893. The molecular weight excluding hydrogens is 246 g/mol. The second kappa shape index (κ2) is 5.86. The molecule has 1 aromatic heterocycles. The van der Waals surface area contributed by atoms with E-state index in [9.17, 15) is 4.79 Å². The Morgan fingerprint density at radius 1 is 1.26 bits per heavy atom. The molecule has 0 aliphatic heterocycles. The van der Waals surface area contributed by atoms with Gasteiger partial charge in [-0.05, 0) is 25.1 Å². The van der Waals surface area contributed by atoms with Crippen molar-refractivity contribution in [1.29, 1.82) is 0 Å². The lowest BCUT2D eigenvalue weighted by Crippen LogP contribution is -1.98. The number of pyridine rings is 1. The molecule has 0 aliphatic rings. The van der Waals surface area contributed by atoms with E-state index in [0.29, 0.717) is 23.9 Å². The maximum absolute atomic E-state index is 10.9. The predicted octanol–water partition coefficient (Wildman–Crippen LogP) is 2.97. The molecular formula is C14H13NO4. The molecule has 2 rings (SSSR count). The third kappa shape index (κ3) is 3.22. The summed E-state index contributed by atoms with van der Waals surface area (Å²) in [5.41, 5.74) is 0.0754. The first-order valence-corrected chi connectivity index (χ1v) is 5.78. The summed E-state index contributed by atoms with van der Waals surface area (Å²) in [6.45, 7) is 2.40. The van der Waals surface area contributed by atoms with Gasteiger partial charge in [0.25, 0.3) is 0 Å². The van der Waals surface area contributed by atoms with E-state index in [0.717, 1.165) is 0 Å². The van der Waals surface area contributed by atoms with Gasteiger partial charge < -0.3 is 14.6 Å². The molecule has 0 amide bonds. The Hall–Kier alpha value is -2.56. The van der Waals surface area contributed by atoms with E-state index >= 15 is 0 Å². The van der Waals surface area contributed by atoms with Gasteiger partial charge in [0.15, 0.2) is 11.5 Å². The van der Waals surface area contributed by atoms with E-state index in [1.807, 2.05) is 19.1 Å². The summed E-state index contributed by atoms with van der Waals surface area (Å²) in [6.07, 6.45) is 2.72. The monoisotopic (exact) mass is 259 g/mol. The topological polar surface area (TPSA) is 68.7 Å². The largest absolute Gasteiger partial charge is 0.490 e. The predicted molar refractivity (Wildman–Crippen MR) is 68.9 cm³/mol. The van der Waals surface area contributed by atoms with E-state index in [-0.39, 0.29) is 5.56 Å². The SMILES string of the molecule is CCOc1ccccc1Oc1cncc(C(=O)O)c1. The molecule has 0 saturated carbocycles. The Morgan fingerprint density at radius 3 is 2.68 bits per heavy atom. The normalized spacial score (nSPS) is 9.95.